The van der Waals surface area contributed by atoms with Crippen molar-refractivity contribution < 1.29 is 24.2 Å². The Bertz CT molecular complexity index is 936. The van der Waals surface area contributed by atoms with Gasteiger partial charge in [0.1, 0.15) is 11.6 Å². The Balaban J connectivity index is 1.88. The summed E-state index contributed by atoms with van der Waals surface area (Å²) >= 11 is 0. The Morgan fingerprint density at radius 1 is 1.03 bits per heavy atom. The molecule has 0 fully saturated rings. The maximum Gasteiger partial charge on any atom is 0.411 e. The Hall–Kier alpha value is -3.35. The van der Waals surface area contributed by atoms with Crippen LogP contribution in [0.3, 0.4) is 0 Å². The second-order valence-corrected chi connectivity index (χ2v) is 8.27. The van der Waals surface area contributed by atoms with E-state index >= 15 is 0 Å². The number of hydrogen-bond acceptors (Lipinski definition) is 5. The molecule has 0 aromatic heterocycles. The molecule has 0 unspecified atom stereocenters. The zero-order valence-corrected chi connectivity index (χ0v) is 17.3. The number of amides is 2. The minimum absolute atomic E-state index is 0.199. The number of fused-ring (bicyclic) bond motifs is 1. The van der Waals surface area contributed by atoms with Crippen LogP contribution in [0.2, 0.25) is 0 Å². The first-order chi connectivity index (χ1) is 14.2. The van der Waals surface area contributed by atoms with Crippen LogP contribution in [0.1, 0.15) is 43.5 Å². The number of rotatable bonds is 4. The van der Waals surface area contributed by atoms with Crippen molar-refractivity contribution in [3.63, 3.8) is 0 Å². The Kier molecular flexibility index (Phi) is 6.10. The molecule has 1 N–H and O–H groups in total. The van der Waals surface area contributed by atoms with Gasteiger partial charge in [-0.25, -0.2) is 4.79 Å². The standard InChI is InChI=1S/C23H26N2O5/c1-23(2,3)30-22(29)25-14-17-12-8-7-11-16(17)13-18(25)20(26)24-19(21(27)28)15-9-5-4-6-10-15/h4-12,18-19H,13-14H2,1-3H3,(H,24,26)(H,27,28)/p-1/t18-,19+/m0/s1. The van der Waals surface area contributed by atoms with Crippen LogP contribution in [0.15, 0.2) is 54.6 Å². The highest BCUT2D eigenvalue weighted by Gasteiger charge is 2.37. The number of nitrogens with zero attached hydrogens (tertiary/aromatic N) is 1. The molecule has 0 radical (unpaired) electrons. The largest absolute Gasteiger partial charge is 0.548 e. The average Bonchev–Trinajstić information content (AvgIpc) is 2.70. The molecule has 2 atom stereocenters. The number of aliphatic carboxylic acids is 1. The first kappa shape index (κ1) is 21.4. The van der Waals surface area contributed by atoms with Gasteiger partial charge in [0.25, 0.3) is 0 Å². The van der Waals surface area contributed by atoms with Gasteiger partial charge in [-0.05, 0) is 37.5 Å². The molecule has 0 spiro atoms. The maximum absolute atomic E-state index is 13.1. The summed E-state index contributed by atoms with van der Waals surface area (Å²) in [7, 11) is 0. The minimum Gasteiger partial charge on any atom is -0.548 e. The normalized spacial score (nSPS) is 16.9. The fraction of sp³-hybridized carbons (Fsp3) is 0.348. The van der Waals surface area contributed by atoms with E-state index in [4.69, 9.17) is 4.74 Å². The van der Waals surface area contributed by atoms with E-state index in [0.29, 0.717) is 5.56 Å². The molecule has 0 bridgehead atoms. The van der Waals surface area contributed by atoms with Gasteiger partial charge in [0.15, 0.2) is 0 Å². The number of carboxylic acid groups (broad SMARTS) is 1. The first-order valence-corrected chi connectivity index (χ1v) is 9.78. The topological polar surface area (TPSA) is 98.8 Å². The number of nitrogens with one attached hydrogen (secondary N) is 1. The number of ether oxygens (including phenoxy) is 1. The molecule has 7 nitrogen and oxygen atoms in total. The van der Waals surface area contributed by atoms with Gasteiger partial charge in [0, 0.05) is 6.42 Å². The molecule has 1 aliphatic heterocycles. The second-order valence-electron chi connectivity index (χ2n) is 8.27. The van der Waals surface area contributed by atoms with E-state index in [1.807, 2.05) is 24.3 Å². The molecule has 2 amide bonds. The van der Waals surface area contributed by atoms with Gasteiger partial charge >= 0.3 is 6.09 Å². The van der Waals surface area contributed by atoms with Crippen LogP contribution in [-0.2, 0) is 27.3 Å². The van der Waals surface area contributed by atoms with Gasteiger partial charge in [-0.15, -0.1) is 0 Å². The Morgan fingerprint density at radius 2 is 1.63 bits per heavy atom. The van der Waals surface area contributed by atoms with Crippen LogP contribution in [0.4, 0.5) is 4.79 Å². The van der Waals surface area contributed by atoms with Crippen LogP contribution in [0.25, 0.3) is 0 Å². The number of carbonyl (C=O) groups excluding carboxylic acids is 3. The molecule has 0 saturated carbocycles. The Morgan fingerprint density at radius 3 is 2.23 bits per heavy atom. The fourth-order valence-electron chi connectivity index (χ4n) is 3.43. The van der Waals surface area contributed by atoms with E-state index < -0.39 is 35.7 Å². The summed E-state index contributed by atoms with van der Waals surface area (Å²) in [4.78, 5) is 39.0. The third-order valence-electron chi connectivity index (χ3n) is 4.83. The minimum atomic E-state index is -1.42. The lowest BCUT2D eigenvalue weighted by Crippen LogP contribution is -2.55. The van der Waals surface area contributed by atoms with Crippen LogP contribution in [-0.4, -0.2) is 34.5 Å². The summed E-state index contributed by atoms with van der Waals surface area (Å²) in [5, 5.41) is 14.2. The van der Waals surface area contributed by atoms with Crippen molar-refractivity contribution in [2.45, 2.75) is 51.4 Å². The highest BCUT2D eigenvalue weighted by molar-refractivity contribution is 5.90. The summed E-state index contributed by atoms with van der Waals surface area (Å²) in [5.74, 6) is -2.00. The Labute approximate surface area is 175 Å². The predicted molar refractivity (Wildman–Crippen MR) is 108 cm³/mol. The molecule has 2 aromatic rings. The van der Waals surface area contributed by atoms with Gasteiger partial charge in [0.2, 0.25) is 5.91 Å². The van der Waals surface area contributed by atoms with Crippen molar-refractivity contribution in [1.29, 1.82) is 0 Å². The van der Waals surface area contributed by atoms with Gasteiger partial charge < -0.3 is 20.0 Å². The highest BCUT2D eigenvalue weighted by atomic mass is 16.6. The molecule has 158 valence electrons. The molecular formula is C23H25N2O5-. The maximum atomic E-state index is 13.1. The molecule has 1 heterocycles. The third-order valence-corrected chi connectivity index (χ3v) is 4.83. The third kappa shape index (κ3) is 4.97. The van der Waals surface area contributed by atoms with E-state index in [0.717, 1.165) is 11.1 Å². The van der Waals surface area contributed by atoms with E-state index in [9.17, 15) is 19.5 Å². The summed E-state index contributed by atoms with van der Waals surface area (Å²) in [5.41, 5.74) is 1.52. The zero-order valence-electron chi connectivity index (χ0n) is 17.3. The summed E-state index contributed by atoms with van der Waals surface area (Å²) in [6, 6.07) is 13.6. The van der Waals surface area contributed by atoms with Crippen LogP contribution < -0.4 is 10.4 Å². The predicted octanol–water partition coefficient (Wildman–Crippen LogP) is 1.96. The average molecular weight is 409 g/mol. The lowest BCUT2D eigenvalue weighted by molar-refractivity contribution is -0.308. The van der Waals surface area contributed by atoms with E-state index in [-0.39, 0.29) is 13.0 Å². The lowest BCUT2D eigenvalue weighted by atomic mass is 9.93. The quantitative estimate of drug-likeness (QED) is 0.832. The number of benzene rings is 2. The number of carboxylic acids is 1. The van der Waals surface area contributed by atoms with Crippen molar-refractivity contribution in [2.75, 3.05) is 0 Å². The van der Waals surface area contributed by atoms with Gasteiger partial charge in [-0.3, -0.25) is 9.69 Å². The van der Waals surface area contributed by atoms with E-state index in [2.05, 4.69) is 5.32 Å². The van der Waals surface area contributed by atoms with Crippen molar-refractivity contribution in [1.82, 2.24) is 10.2 Å². The SMILES string of the molecule is CC(C)(C)OC(=O)N1Cc2ccccc2C[C@H]1C(=O)N[C@@H](C(=O)[O-])c1ccccc1. The van der Waals surface area contributed by atoms with Crippen molar-refractivity contribution in [3.8, 4) is 0 Å². The van der Waals surface area contributed by atoms with E-state index in [1.54, 1.807) is 51.1 Å². The molecule has 3 rings (SSSR count). The summed E-state index contributed by atoms with van der Waals surface area (Å²) in [6.45, 7) is 5.45. The lowest BCUT2D eigenvalue weighted by Gasteiger charge is -2.37. The smallest absolute Gasteiger partial charge is 0.411 e. The van der Waals surface area contributed by atoms with Crippen molar-refractivity contribution in [2.24, 2.45) is 0 Å². The summed E-state index contributed by atoms with van der Waals surface area (Å²) < 4.78 is 5.49. The monoisotopic (exact) mass is 409 g/mol. The van der Waals surface area contributed by atoms with Crippen molar-refractivity contribution in [3.05, 3.63) is 71.3 Å². The molecule has 0 saturated heterocycles. The van der Waals surface area contributed by atoms with E-state index in [1.165, 1.54) is 4.90 Å². The van der Waals surface area contributed by atoms with Gasteiger partial charge in [-0.2, -0.15) is 0 Å². The van der Waals surface area contributed by atoms with Crippen LogP contribution in [0, 0.1) is 0 Å². The van der Waals surface area contributed by atoms with Gasteiger partial charge in [0.05, 0.1) is 18.6 Å². The first-order valence-electron chi connectivity index (χ1n) is 9.78. The van der Waals surface area contributed by atoms with Crippen LogP contribution >= 0.6 is 0 Å². The second kappa shape index (κ2) is 8.57. The van der Waals surface area contributed by atoms with Crippen LogP contribution in [0.5, 0.6) is 0 Å². The number of carbonyl (C=O) groups is 3. The van der Waals surface area contributed by atoms with Crippen molar-refractivity contribution >= 4 is 18.0 Å². The summed E-state index contributed by atoms with van der Waals surface area (Å²) in [6.07, 6.45) is -0.364. The molecule has 2 aromatic carbocycles. The fourth-order valence-corrected chi connectivity index (χ4v) is 3.43. The molecular weight excluding hydrogens is 384 g/mol. The highest BCUT2D eigenvalue weighted by Crippen LogP contribution is 2.26. The zero-order chi connectivity index (χ0) is 21.9. The van der Waals surface area contributed by atoms with Gasteiger partial charge in [-0.1, -0.05) is 54.6 Å². The molecule has 7 heteroatoms. The molecule has 1 aliphatic rings. The molecule has 30 heavy (non-hydrogen) atoms. The molecule has 0 aliphatic carbocycles. The number of hydrogen-bond donors (Lipinski definition) is 1.